The van der Waals surface area contributed by atoms with E-state index >= 15 is 0 Å². The fraction of sp³-hybridized carbons (Fsp3) is 0.667. The zero-order valence-corrected chi connectivity index (χ0v) is 14.8. The highest BCUT2D eigenvalue weighted by Gasteiger charge is 2.66. The van der Waals surface area contributed by atoms with Gasteiger partial charge in [0.05, 0.1) is 7.11 Å². The summed E-state index contributed by atoms with van der Waals surface area (Å²) in [6, 6.07) is 6.33. The molecule has 2 nitrogen and oxygen atoms in total. The summed E-state index contributed by atoms with van der Waals surface area (Å²) < 4.78 is 5.50. The number of hydrogen-bond acceptors (Lipinski definition) is 2. The first-order valence-electron chi connectivity index (χ1n) is 7.81. The van der Waals surface area contributed by atoms with Crippen molar-refractivity contribution in [3.63, 3.8) is 0 Å². The number of rotatable bonds is 6. The van der Waals surface area contributed by atoms with E-state index in [4.69, 9.17) is 16.3 Å². The minimum absolute atomic E-state index is 0.367. The average Bonchev–Trinajstić information content (AvgIpc) is 2.79. The first kappa shape index (κ1) is 16.6. The van der Waals surface area contributed by atoms with Crippen molar-refractivity contribution in [3.8, 4) is 5.75 Å². The second kappa shape index (κ2) is 5.81. The van der Waals surface area contributed by atoms with Gasteiger partial charge in [-0.25, -0.2) is 0 Å². The van der Waals surface area contributed by atoms with Crippen LogP contribution >= 0.6 is 11.6 Å². The van der Waals surface area contributed by atoms with Crippen LogP contribution < -0.4 is 10.1 Å². The van der Waals surface area contributed by atoms with Crippen LogP contribution in [0, 0.1) is 16.7 Å². The van der Waals surface area contributed by atoms with E-state index in [9.17, 15) is 0 Å². The first-order valence-corrected chi connectivity index (χ1v) is 8.19. The Hall–Kier alpha value is -0.730. The molecule has 0 radical (unpaired) electrons. The van der Waals surface area contributed by atoms with Crippen molar-refractivity contribution < 1.29 is 4.74 Å². The lowest BCUT2D eigenvalue weighted by Crippen LogP contribution is -2.35. The topological polar surface area (TPSA) is 21.3 Å². The lowest BCUT2D eigenvalue weighted by atomic mass is 9.96. The predicted octanol–water partition coefficient (Wildman–Crippen LogP) is 4.55. The summed E-state index contributed by atoms with van der Waals surface area (Å²) in [6.45, 7) is 12.6. The maximum absolute atomic E-state index is 6.17. The highest BCUT2D eigenvalue weighted by atomic mass is 35.5. The molecule has 1 unspecified atom stereocenters. The van der Waals surface area contributed by atoms with Crippen molar-refractivity contribution in [1.29, 1.82) is 0 Å². The molecule has 0 spiro atoms. The molecule has 1 saturated carbocycles. The van der Waals surface area contributed by atoms with Crippen LogP contribution in [0.4, 0.5) is 0 Å². The summed E-state index contributed by atoms with van der Waals surface area (Å²) in [4.78, 5) is 0. The molecule has 1 atom stereocenters. The number of nitrogens with one attached hydrogen (secondary N) is 1. The monoisotopic (exact) mass is 309 g/mol. The molecule has 0 amide bonds. The van der Waals surface area contributed by atoms with E-state index in [0.717, 1.165) is 23.7 Å². The molecule has 0 saturated heterocycles. The SMILES string of the molecule is CCNC(Cc1cc(Cl)ccc1OC)C1C(C)(C)C1(C)C. The normalized spacial score (nSPS) is 21.1. The van der Waals surface area contributed by atoms with Gasteiger partial charge in [0, 0.05) is 11.1 Å². The van der Waals surface area contributed by atoms with E-state index in [1.165, 1.54) is 5.56 Å². The van der Waals surface area contributed by atoms with Gasteiger partial charge in [0.2, 0.25) is 0 Å². The minimum atomic E-state index is 0.367. The molecule has 0 heterocycles. The zero-order chi connectivity index (χ0) is 15.8. The Morgan fingerprint density at radius 2 is 1.86 bits per heavy atom. The maximum atomic E-state index is 6.17. The zero-order valence-electron chi connectivity index (χ0n) is 14.1. The fourth-order valence-corrected chi connectivity index (χ4v) is 4.16. The highest BCUT2D eigenvalue weighted by molar-refractivity contribution is 6.30. The van der Waals surface area contributed by atoms with Crippen molar-refractivity contribution >= 4 is 11.6 Å². The van der Waals surface area contributed by atoms with Crippen LogP contribution in [0.15, 0.2) is 18.2 Å². The fourth-order valence-electron chi connectivity index (χ4n) is 3.97. The van der Waals surface area contributed by atoms with Crippen molar-refractivity contribution in [2.75, 3.05) is 13.7 Å². The third kappa shape index (κ3) is 2.93. The van der Waals surface area contributed by atoms with Crippen molar-refractivity contribution in [3.05, 3.63) is 28.8 Å². The standard InChI is InChI=1S/C18H28ClNO/c1-7-20-14(16-17(2,3)18(16,4)5)11-12-10-13(19)8-9-15(12)21-6/h8-10,14,16,20H,7,11H2,1-6H3. The summed E-state index contributed by atoms with van der Waals surface area (Å²) in [5.74, 6) is 1.59. The van der Waals surface area contributed by atoms with E-state index in [1.54, 1.807) is 7.11 Å². The second-order valence-electron chi connectivity index (χ2n) is 7.25. The Morgan fingerprint density at radius 1 is 1.24 bits per heavy atom. The Kier molecular flexibility index (Phi) is 4.60. The first-order chi connectivity index (χ1) is 9.75. The van der Waals surface area contributed by atoms with Gasteiger partial charge in [-0.2, -0.15) is 0 Å². The number of benzene rings is 1. The molecule has 2 rings (SSSR count). The Labute approximate surface area is 134 Å². The van der Waals surface area contributed by atoms with Gasteiger partial charge in [-0.1, -0.05) is 46.2 Å². The molecule has 118 valence electrons. The molecule has 1 N–H and O–H groups in total. The number of methoxy groups -OCH3 is 1. The van der Waals surface area contributed by atoms with E-state index in [0.29, 0.717) is 22.8 Å². The van der Waals surface area contributed by atoms with Gasteiger partial charge in [-0.05, 0) is 53.5 Å². The van der Waals surface area contributed by atoms with Crippen molar-refractivity contribution in [2.45, 2.75) is 47.1 Å². The largest absolute Gasteiger partial charge is 0.496 e. The van der Waals surface area contributed by atoms with E-state index < -0.39 is 0 Å². The van der Waals surface area contributed by atoms with Gasteiger partial charge < -0.3 is 10.1 Å². The Balaban J connectivity index is 2.24. The van der Waals surface area contributed by atoms with Crippen LogP contribution in [0.25, 0.3) is 0 Å². The van der Waals surface area contributed by atoms with Crippen LogP contribution in [0.5, 0.6) is 5.75 Å². The van der Waals surface area contributed by atoms with E-state index in [1.807, 2.05) is 18.2 Å². The minimum Gasteiger partial charge on any atom is -0.496 e. The molecule has 21 heavy (non-hydrogen) atoms. The van der Waals surface area contributed by atoms with Crippen LogP contribution in [0.2, 0.25) is 5.02 Å². The van der Waals surface area contributed by atoms with Gasteiger partial charge in [-0.3, -0.25) is 0 Å². The number of likely N-dealkylation sites (N-methyl/N-ethyl adjacent to an activating group) is 1. The molecular formula is C18H28ClNO. The summed E-state index contributed by atoms with van der Waals surface area (Å²) >= 11 is 6.17. The van der Waals surface area contributed by atoms with Crippen molar-refractivity contribution in [2.24, 2.45) is 16.7 Å². The lowest BCUT2D eigenvalue weighted by Gasteiger charge is -2.22. The van der Waals surface area contributed by atoms with Crippen LogP contribution in [-0.4, -0.2) is 19.7 Å². The maximum Gasteiger partial charge on any atom is 0.122 e. The van der Waals surface area contributed by atoms with Gasteiger partial charge in [0.1, 0.15) is 5.75 Å². The molecule has 0 bridgehead atoms. The molecular weight excluding hydrogens is 282 g/mol. The molecule has 1 aliphatic carbocycles. The Bertz CT molecular complexity index is 496. The van der Waals surface area contributed by atoms with Gasteiger partial charge in [0.15, 0.2) is 0 Å². The third-order valence-corrected chi connectivity index (χ3v) is 5.92. The molecule has 1 aromatic rings. The summed E-state index contributed by atoms with van der Waals surface area (Å²) in [5, 5.41) is 4.45. The predicted molar refractivity (Wildman–Crippen MR) is 90.2 cm³/mol. The van der Waals surface area contributed by atoms with E-state index in [2.05, 4.69) is 39.9 Å². The smallest absolute Gasteiger partial charge is 0.122 e. The molecule has 1 aliphatic rings. The van der Waals surface area contributed by atoms with Gasteiger partial charge in [0.25, 0.3) is 0 Å². The number of ether oxygens (including phenoxy) is 1. The molecule has 3 heteroatoms. The third-order valence-electron chi connectivity index (χ3n) is 5.68. The molecule has 0 aromatic heterocycles. The summed E-state index contributed by atoms with van der Waals surface area (Å²) in [7, 11) is 1.72. The molecule has 1 aromatic carbocycles. The number of halogens is 1. The summed E-state index contributed by atoms with van der Waals surface area (Å²) in [6.07, 6.45) is 0.953. The van der Waals surface area contributed by atoms with Gasteiger partial charge in [-0.15, -0.1) is 0 Å². The highest BCUT2D eigenvalue weighted by Crippen LogP contribution is 2.69. The van der Waals surface area contributed by atoms with Crippen molar-refractivity contribution in [1.82, 2.24) is 5.32 Å². The van der Waals surface area contributed by atoms with Crippen LogP contribution in [0.3, 0.4) is 0 Å². The number of hydrogen-bond donors (Lipinski definition) is 1. The summed E-state index contributed by atoms with van der Waals surface area (Å²) in [5.41, 5.74) is 1.92. The van der Waals surface area contributed by atoms with Crippen LogP contribution in [0.1, 0.15) is 40.2 Å². The van der Waals surface area contributed by atoms with Gasteiger partial charge >= 0.3 is 0 Å². The van der Waals surface area contributed by atoms with E-state index in [-0.39, 0.29) is 0 Å². The molecule has 1 fully saturated rings. The Morgan fingerprint density at radius 3 is 2.33 bits per heavy atom. The molecule has 0 aliphatic heterocycles. The average molecular weight is 310 g/mol. The quantitative estimate of drug-likeness (QED) is 0.832. The lowest BCUT2D eigenvalue weighted by molar-refractivity contribution is 0.382. The second-order valence-corrected chi connectivity index (χ2v) is 7.68. The van der Waals surface area contributed by atoms with Crippen LogP contribution in [-0.2, 0) is 6.42 Å².